The summed E-state index contributed by atoms with van der Waals surface area (Å²) in [5.41, 5.74) is 7.46. The summed E-state index contributed by atoms with van der Waals surface area (Å²) in [4.78, 5) is 15.3. The topological polar surface area (TPSA) is 73.4 Å². The second-order valence-electron chi connectivity index (χ2n) is 4.12. The molecule has 0 aromatic heterocycles. The molecule has 1 aliphatic rings. The lowest BCUT2D eigenvalue weighted by Gasteiger charge is -2.33. The first-order chi connectivity index (χ1) is 8.11. The van der Waals surface area contributed by atoms with Gasteiger partial charge in [0.1, 0.15) is 6.07 Å². The molecule has 0 atom stereocenters. The Morgan fingerprint density at radius 2 is 2.18 bits per heavy atom. The minimum absolute atomic E-state index is 0.0894. The molecule has 0 saturated carbocycles. The number of piperazine rings is 1. The van der Waals surface area contributed by atoms with E-state index >= 15 is 0 Å². The van der Waals surface area contributed by atoms with Crippen LogP contribution in [0.15, 0.2) is 18.2 Å². The van der Waals surface area contributed by atoms with Gasteiger partial charge in [0.15, 0.2) is 0 Å². The normalized spacial score (nSPS) is 15.9. The number of hydrogen-bond acceptors (Lipinski definition) is 4. The van der Waals surface area contributed by atoms with Crippen LogP contribution in [0.5, 0.6) is 0 Å². The van der Waals surface area contributed by atoms with Crippen molar-refractivity contribution in [1.82, 2.24) is 4.90 Å². The Morgan fingerprint density at radius 1 is 1.41 bits per heavy atom. The largest absolute Gasteiger partial charge is 0.398 e. The van der Waals surface area contributed by atoms with Crippen molar-refractivity contribution in [3.63, 3.8) is 0 Å². The van der Waals surface area contributed by atoms with Crippen molar-refractivity contribution in [2.45, 2.75) is 0 Å². The van der Waals surface area contributed by atoms with E-state index in [1.165, 1.54) is 0 Å². The summed E-state index contributed by atoms with van der Waals surface area (Å²) in [7, 11) is 1.80. The average molecular weight is 230 g/mol. The Morgan fingerprint density at radius 3 is 2.82 bits per heavy atom. The van der Waals surface area contributed by atoms with E-state index in [-0.39, 0.29) is 5.91 Å². The van der Waals surface area contributed by atoms with Crippen LogP contribution >= 0.6 is 0 Å². The van der Waals surface area contributed by atoms with Crippen LogP contribution in [-0.4, -0.2) is 37.5 Å². The highest BCUT2D eigenvalue weighted by molar-refractivity contribution is 5.83. The minimum atomic E-state index is 0.0894. The van der Waals surface area contributed by atoms with Crippen molar-refractivity contribution in [1.29, 1.82) is 5.26 Å². The molecule has 2 N–H and O–H groups in total. The number of likely N-dealkylation sites (N-methyl/N-ethyl adjacent to an activating group) is 1. The Bertz CT molecular complexity index is 492. The molecular formula is C12H14N4O. The molecule has 5 heteroatoms. The van der Waals surface area contributed by atoms with Crippen LogP contribution in [0.1, 0.15) is 5.56 Å². The molecule has 0 spiro atoms. The third-order valence-corrected chi connectivity index (χ3v) is 2.98. The molecule has 1 heterocycles. The van der Waals surface area contributed by atoms with Gasteiger partial charge in [-0.25, -0.2) is 0 Å². The van der Waals surface area contributed by atoms with Crippen molar-refractivity contribution >= 4 is 17.3 Å². The molecule has 0 radical (unpaired) electrons. The van der Waals surface area contributed by atoms with Crippen LogP contribution in [-0.2, 0) is 4.79 Å². The predicted octanol–water partition coefficient (Wildman–Crippen LogP) is 0.419. The van der Waals surface area contributed by atoms with Gasteiger partial charge in [-0.2, -0.15) is 5.26 Å². The number of hydrogen-bond donors (Lipinski definition) is 1. The lowest BCUT2D eigenvalue weighted by molar-refractivity contribution is -0.129. The summed E-state index contributed by atoms with van der Waals surface area (Å²) >= 11 is 0. The van der Waals surface area contributed by atoms with Crippen LogP contribution in [0.25, 0.3) is 0 Å². The molecule has 17 heavy (non-hydrogen) atoms. The monoisotopic (exact) mass is 230 g/mol. The fourth-order valence-corrected chi connectivity index (χ4v) is 1.82. The zero-order valence-electron chi connectivity index (χ0n) is 9.68. The van der Waals surface area contributed by atoms with Gasteiger partial charge in [0.05, 0.1) is 12.1 Å². The Balaban J connectivity index is 2.24. The van der Waals surface area contributed by atoms with Crippen molar-refractivity contribution in [3.8, 4) is 6.07 Å². The molecule has 1 fully saturated rings. The van der Waals surface area contributed by atoms with E-state index in [2.05, 4.69) is 0 Å². The lowest BCUT2D eigenvalue weighted by Crippen LogP contribution is -2.48. The van der Waals surface area contributed by atoms with Gasteiger partial charge >= 0.3 is 0 Å². The summed E-state index contributed by atoms with van der Waals surface area (Å²) in [5.74, 6) is 0.0894. The molecule has 0 aliphatic carbocycles. The summed E-state index contributed by atoms with van der Waals surface area (Å²) in [6.07, 6.45) is 0. The van der Waals surface area contributed by atoms with Gasteiger partial charge < -0.3 is 15.5 Å². The third kappa shape index (κ3) is 2.16. The molecule has 0 bridgehead atoms. The molecule has 0 unspecified atom stereocenters. The number of amides is 1. The number of nitrogens with two attached hydrogens (primary N) is 1. The summed E-state index contributed by atoms with van der Waals surface area (Å²) in [5, 5.41) is 8.91. The highest BCUT2D eigenvalue weighted by Gasteiger charge is 2.21. The van der Waals surface area contributed by atoms with Crippen LogP contribution in [0.3, 0.4) is 0 Å². The van der Waals surface area contributed by atoms with E-state index < -0.39 is 0 Å². The lowest BCUT2D eigenvalue weighted by atomic mass is 10.1. The maximum atomic E-state index is 11.6. The van der Waals surface area contributed by atoms with Gasteiger partial charge in [0, 0.05) is 31.5 Å². The first-order valence-electron chi connectivity index (χ1n) is 5.40. The molecule has 1 aromatic rings. The van der Waals surface area contributed by atoms with Gasteiger partial charge in [-0.1, -0.05) is 0 Å². The summed E-state index contributed by atoms with van der Waals surface area (Å²) in [6, 6.07) is 7.32. The van der Waals surface area contributed by atoms with Crippen LogP contribution in [0.4, 0.5) is 11.4 Å². The Kier molecular flexibility index (Phi) is 2.88. The van der Waals surface area contributed by atoms with E-state index in [0.717, 1.165) is 12.2 Å². The quantitative estimate of drug-likeness (QED) is 0.709. The van der Waals surface area contributed by atoms with E-state index in [1.807, 2.05) is 17.0 Å². The smallest absolute Gasteiger partial charge is 0.241 e. The van der Waals surface area contributed by atoms with E-state index in [9.17, 15) is 4.79 Å². The molecule has 1 aromatic carbocycles. The predicted molar refractivity (Wildman–Crippen MR) is 65.4 cm³/mol. The number of anilines is 2. The van der Waals surface area contributed by atoms with Crippen molar-refractivity contribution in [2.24, 2.45) is 0 Å². The number of carbonyl (C=O) groups is 1. The molecule has 2 rings (SSSR count). The maximum absolute atomic E-state index is 11.6. The van der Waals surface area contributed by atoms with E-state index in [1.54, 1.807) is 24.1 Å². The van der Waals surface area contributed by atoms with Gasteiger partial charge in [-0.15, -0.1) is 0 Å². The zero-order chi connectivity index (χ0) is 12.4. The first-order valence-corrected chi connectivity index (χ1v) is 5.40. The van der Waals surface area contributed by atoms with Crippen LogP contribution < -0.4 is 10.6 Å². The van der Waals surface area contributed by atoms with Gasteiger partial charge in [-0.05, 0) is 18.2 Å². The van der Waals surface area contributed by atoms with E-state index in [4.69, 9.17) is 11.0 Å². The number of nitriles is 1. The van der Waals surface area contributed by atoms with Gasteiger partial charge in [0.2, 0.25) is 5.91 Å². The SMILES string of the molecule is CN1CCN(c2ccc(N)c(C#N)c2)CC1=O. The fourth-order valence-electron chi connectivity index (χ4n) is 1.82. The highest BCUT2D eigenvalue weighted by atomic mass is 16.2. The zero-order valence-corrected chi connectivity index (χ0v) is 9.68. The Labute approximate surface area is 100 Å². The maximum Gasteiger partial charge on any atom is 0.241 e. The number of carbonyl (C=O) groups excluding carboxylic acids is 1. The van der Waals surface area contributed by atoms with Crippen molar-refractivity contribution < 1.29 is 4.79 Å². The molecule has 1 amide bonds. The second-order valence-corrected chi connectivity index (χ2v) is 4.12. The van der Waals surface area contributed by atoms with Crippen molar-refractivity contribution in [2.75, 3.05) is 37.3 Å². The fraction of sp³-hybridized carbons (Fsp3) is 0.333. The third-order valence-electron chi connectivity index (χ3n) is 2.98. The standard InChI is InChI=1S/C12H14N4O/c1-15-4-5-16(8-12(15)17)10-2-3-11(14)9(6-10)7-13/h2-3,6H,4-5,8,14H2,1H3. The van der Waals surface area contributed by atoms with Crippen LogP contribution in [0, 0.1) is 11.3 Å². The summed E-state index contributed by atoms with van der Waals surface area (Å²) < 4.78 is 0. The first kappa shape index (κ1) is 11.3. The molecule has 1 aliphatic heterocycles. The number of rotatable bonds is 1. The number of nitrogen functional groups attached to an aromatic ring is 1. The highest BCUT2D eigenvalue weighted by Crippen LogP contribution is 2.21. The Hall–Kier alpha value is -2.22. The second kappa shape index (κ2) is 4.34. The molecule has 1 saturated heterocycles. The number of benzene rings is 1. The molecule has 5 nitrogen and oxygen atoms in total. The van der Waals surface area contributed by atoms with Gasteiger partial charge in [-0.3, -0.25) is 4.79 Å². The minimum Gasteiger partial charge on any atom is -0.398 e. The molecule has 88 valence electrons. The van der Waals surface area contributed by atoms with Gasteiger partial charge in [0.25, 0.3) is 0 Å². The summed E-state index contributed by atoms with van der Waals surface area (Å²) in [6.45, 7) is 1.83. The van der Waals surface area contributed by atoms with Crippen molar-refractivity contribution in [3.05, 3.63) is 23.8 Å². The number of nitrogens with zero attached hydrogens (tertiary/aromatic N) is 3. The average Bonchev–Trinajstić information content (AvgIpc) is 2.33. The van der Waals surface area contributed by atoms with E-state index in [0.29, 0.717) is 24.3 Å². The van der Waals surface area contributed by atoms with Crippen LogP contribution in [0.2, 0.25) is 0 Å². The molecular weight excluding hydrogens is 216 g/mol.